The van der Waals surface area contributed by atoms with Crippen molar-refractivity contribution in [1.82, 2.24) is 14.9 Å². The van der Waals surface area contributed by atoms with Crippen molar-refractivity contribution in [2.45, 2.75) is 31.6 Å². The number of ether oxygens (including phenoxy) is 1. The van der Waals surface area contributed by atoms with Crippen molar-refractivity contribution in [2.24, 2.45) is 0 Å². The smallest absolute Gasteiger partial charge is 0.251 e. The highest BCUT2D eigenvalue weighted by molar-refractivity contribution is 7.99. The van der Waals surface area contributed by atoms with Gasteiger partial charge in [0.2, 0.25) is 5.91 Å². The standard InChI is InChI=1S/C30H28Cl2N4O3S/c1-19-16-20(2)34-30(33-19)40-18-27(37)36(17-21-4-8-23(31)9-5-21)28(22-6-10-24(32)11-7-22)29(38)35-25-12-14-26(39-3)15-13-25/h4-16,28H,17-18H2,1-3H3,(H,35,38). The van der Waals surface area contributed by atoms with Gasteiger partial charge in [-0.05, 0) is 79.6 Å². The summed E-state index contributed by atoms with van der Waals surface area (Å²) in [6, 6.07) is 22.0. The molecule has 7 nitrogen and oxygen atoms in total. The minimum absolute atomic E-state index is 0.0381. The van der Waals surface area contributed by atoms with Crippen LogP contribution in [0.15, 0.2) is 84.0 Å². The summed E-state index contributed by atoms with van der Waals surface area (Å²) >= 11 is 13.5. The van der Waals surface area contributed by atoms with Gasteiger partial charge in [0, 0.05) is 33.7 Å². The van der Waals surface area contributed by atoms with Gasteiger partial charge in [0.15, 0.2) is 5.16 Å². The van der Waals surface area contributed by atoms with E-state index in [4.69, 9.17) is 27.9 Å². The molecule has 1 N–H and O–H groups in total. The molecule has 0 radical (unpaired) electrons. The number of thioether (sulfide) groups is 1. The molecule has 1 heterocycles. The van der Waals surface area contributed by atoms with E-state index in [0.29, 0.717) is 32.2 Å². The zero-order chi connectivity index (χ0) is 28.6. The van der Waals surface area contributed by atoms with Crippen LogP contribution in [-0.4, -0.2) is 39.5 Å². The largest absolute Gasteiger partial charge is 0.497 e. The van der Waals surface area contributed by atoms with Crippen LogP contribution in [0.2, 0.25) is 10.0 Å². The van der Waals surface area contributed by atoms with Crippen molar-refractivity contribution in [2.75, 3.05) is 18.2 Å². The molecule has 4 aromatic rings. The molecule has 1 aromatic heterocycles. The quantitative estimate of drug-likeness (QED) is 0.159. The van der Waals surface area contributed by atoms with Gasteiger partial charge in [0.25, 0.3) is 5.91 Å². The molecule has 0 saturated heterocycles. The summed E-state index contributed by atoms with van der Waals surface area (Å²) in [4.78, 5) is 38.2. The number of hydrogen-bond acceptors (Lipinski definition) is 6. The molecule has 40 heavy (non-hydrogen) atoms. The van der Waals surface area contributed by atoms with E-state index in [1.54, 1.807) is 72.7 Å². The number of hydrogen-bond donors (Lipinski definition) is 1. The van der Waals surface area contributed by atoms with E-state index in [1.165, 1.54) is 11.8 Å². The molecule has 4 rings (SSSR count). The molecule has 2 amide bonds. The highest BCUT2D eigenvalue weighted by Crippen LogP contribution is 2.29. The normalized spacial score (nSPS) is 11.5. The van der Waals surface area contributed by atoms with E-state index in [-0.39, 0.29) is 24.1 Å². The topological polar surface area (TPSA) is 84.4 Å². The van der Waals surface area contributed by atoms with Crippen LogP contribution < -0.4 is 10.1 Å². The number of aryl methyl sites for hydroxylation is 2. The van der Waals surface area contributed by atoms with E-state index in [0.717, 1.165) is 17.0 Å². The molecule has 0 bridgehead atoms. The Morgan fingerprint density at radius 3 is 2.05 bits per heavy atom. The predicted molar refractivity (Wildman–Crippen MR) is 160 cm³/mol. The Labute approximate surface area is 247 Å². The molecule has 0 saturated carbocycles. The van der Waals surface area contributed by atoms with E-state index in [9.17, 15) is 9.59 Å². The second kappa shape index (κ2) is 13.7. The second-order valence-electron chi connectivity index (χ2n) is 9.04. The lowest BCUT2D eigenvalue weighted by molar-refractivity contribution is -0.137. The lowest BCUT2D eigenvalue weighted by atomic mass is 10.0. The van der Waals surface area contributed by atoms with E-state index >= 15 is 0 Å². The molecule has 0 aliphatic carbocycles. The van der Waals surface area contributed by atoms with Crippen LogP contribution in [0.25, 0.3) is 0 Å². The Morgan fingerprint density at radius 2 is 1.48 bits per heavy atom. The average Bonchev–Trinajstić information content (AvgIpc) is 2.93. The lowest BCUT2D eigenvalue weighted by Gasteiger charge is -2.31. The first-order valence-electron chi connectivity index (χ1n) is 12.4. The van der Waals surface area contributed by atoms with Gasteiger partial charge >= 0.3 is 0 Å². The van der Waals surface area contributed by atoms with Gasteiger partial charge in [-0.25, -0.2) is 9.97 Å². The number of methoxy groups -OCH3 is 1. The zero-order valence-corrected chi connectivity index (χ0v) is 24.6. The first kappa shape index (κ1) is 29.4. The molecule has 206 valence electrons. The van der Waals surface area contributed by atoms with Gasteiger partial charge < -0.3 is 15.0 Å². The van der Waals surface area contributed by atoms with Gasteiger partial charge in [-0.1, -0.05) is 59.2 Å². The van der Waals surface area contributed by atoms with Crippen molar-refractivity contribution in [1.29, 1.82) is 0 Å². The minimum Gasteiger partial charge on any atom is -0.497 e. The Balaban J connectivity index is 1.69. The SMILES string of the molecule is COc1ccc(NC(=O)C(c2ccc(Cl)cc2)N(Cc2ccc(Cl)cc2)C(=O)CSc2nc(C)cc(C)n2)cc1. The Hall–Kier alpha value is -3.59. The highest BCUT2D eigenvalue weighted by Gasteiger charge is 2.32. The van der Waals surface area contributed by atoms with E-state index < -0.39 is 6.04 Å². The number of carbonyl (C=O) groups excluding carboxylic acids is 2. The number of carbonyl (C=O) groups is 2. The van der Waals surface area contributed by atoms with Crippen molar-refractivity contribution in [3.8, 4) is 5.75 Å². The summed E-state index contributed by atoms with van der Waals surface area (Å²) in [5, 5.41) is 4.56. The average molecular weight is 596 g/mol. The second-order valence-corrected chi connectivity index (χ2v) is 10.9. The number of anilines is 1. The monoisotopic (exact) mass is 594 g/mol. The molecule has 0 aliphatic heterocycles. The maximum absolute atomic E-state index is 13.9. The number of benzene rings is 3. The van der Waals surface area contributed by atoms with Crippen LogP contribution in [0.1, 0.15) is 28.6 Å². The van der Waals surface area contributed by atoms with Crippen molar-refractivity contribution in [3.05, 3.63) is 111 Å². The molecule has 0 aliphatic rings. The van der Waals surface area contributed by atoms with E-state index in [1.807, 2.05) is 32.0 Å². The molecule has 10 heteroatoms. The van der Waals surface area contributed by atoms with Crippen molar-refractivity contribution >= 4 is 52.5 Å². The number of rotatable bonds is 10. The fraction of sp³-hybridized carbons (Fsp3) is 0.200. The summed E-state index contributed by atoms with van der Waals surface area (Å²) in [5.41, 5.74) is 3.64. The lowest BCUT2D eigenvalue weighted by Crippen LogP contribution is -2.41. The van der Waals surface area contributed by atoms with Gasteiger partial charge in [-0.3, -0.25) is 9.59 Å². The van der Waals surface area contributed by atoms with Gasteiger partial charge in [0.1, 0.15) is 11.8 Å². The van der Waals surface area contributed by atoms with Crippen LogP contribution >= 0.6 is 35.0 Å². The molecular weight excluding hydrogens is 567 g/mol. The molecular formula is C30H28Cl2N4O3S. The third kappa shape index (κ3) is 7.97. The fourth-order valence-corrected chi connectivity index (χ4v) is 5.17. The van der Waals surface area contributed by atoms with Crippen LogP contribution in [0, 0.1) is 13.8 Å². The zero-order valence-electron chi connectivity index (χ0n) is 22.2. The van der Waals surface area contributed by atoms with Crippen molar-refractivity contribution in [3.63, 3.8) is 0 Å². The van der Waals surface area contributed by atoms with Gasteiger partial charge in [-0.15, -0.1) is 0 Å². The summed E-state index contributed by atoms with van der Waals surface area (Å²) in [5.74, 6) is 0.0727. The number of nitrogens with zero attached hydrogens (tertiary/aromatic N) is 3. The van der Waals surface area contributed by atoms with Crippen molar-refractivity contribution < 1.29 is 14.3 Å². The highest BCUT2D eigenvalue weighted by atomic mass is 35.5. The number of amides is 2. The third-order valence-corrected chi connectivity index (χ3v) is 7.31. The molecule has 0 fully saturated rings. The number of nitrogens with one attached hydrogen (secondary N) is 1. The fourth-order valence-electron chi connectivity index (χ4n) is 4.08. The van der Waals surface area contributed by atoms with E-state index in [2.05, 4.69) is 15.3 Å². The van der Waals surface area contributed by atoms with Crippen LogP contribution in [0.5, 0.6) is 5.75 Å². The third-order valence-electron chi connectivity index (χ3n) is 5.98. The van der Waals surface area contributed by atoms with Gasteiger partial charge in [-0.2, -0.15) is 0 Å². The Kier molecular flexibility index (Phi) is 10.0. The minimum atomic E-state index is -0.955. The molecule has 1 unspecified atom stereocenters. The number of aromatic nitrogens is 2. The first-order valence-corrected chi connectivity index (χ1v) is 14.2. The van der Waals surface area contributed by atoms with Crippen LogP contribution in [0.3, 0.4) is 0 Å². The maximum Gasteiger partial charge on any atom is 0.251 e. The first-order chi connectivity index (χ1) is 19.2. The summed E-state index contributed by atoms with van der Waals surface area (Å²) in [7, 11) is 1.57. The molecule has 0 spiro atoms. The summed E-state index contributed by atoms with van der Waals surface area (Å²) in [6.45, 7) is 3.94. The maximum atomic E-state index is 13.9. The Morgan fingerprint density at radius 1 is 0.900 bits per heavy atom. The molecule has 1 atom stereocenters. The summed E-state index contributed by atoms with van der Waals surface area (Å²) in [6.07, 6.45) is 0. The van der Waals surface area contributed by atoms with Crippen LogP contribution in [-0.2, 0) is 16.1 Å². The Bertz CT molecular complexity index is 1450. The summed E-state index contributed by atoms with van der Waals surface area (Å²) < 4.78 is 5.22. The van der Waals surface area contributed by atoms with Crippen LogP contribution in [0.4, 0.5) is 5.69 Å². The predicted octanol–water partition coefficient (Wildman–Crippen LogP) is 6.91. The molecule has 3 aromatic carbocycles. The van der Waals surface area contributed by atoms with Gasteiger partial charge in [0.05, 0.1) is 12.9 Å². The number of halogens is 2.